The molecule has 1 N–H and O–H groups in total. The molecule has 1 atom stereocenters. The average Bonchev–Trinajstić information content (AvgIpc) is 3.11. The fourth-order valence-corrected chi connectivity index (χ4v) is 3.93. The van der Waals surface area contributed by atoms with Crippen molar-refractivity contribution >= 4 is 26.5 Å². The maximum atomic E-state index is 13.0. The molecular formula is C19H17N3O3S. The quantitative estimate of drug-likeness (QED) is 0.703. The molecule has 0 aliphatic carbocycles. The van der Waals surface area contributed by atoms with E-state index < -0.39 is 9.71 Å². The molecule has 0 bridgehead atoms. The number of anilines is 1. The van der Waals surface area contributed by atoms with Crippen LogP contribution in [0.25, 0.3) is 0 Å². The maximum Gasteiger partial charge on any atom is 0.274 e. The highest BCUT2D eigenvalue weighted by atomic mass is 32.2. The third-order valence-electron chi connectivity index (χ3n) is 3.72. The van der Waals surface area contributed by atoms with E-state index in [1.165, 1.54) is 16.4 Å². The second kappa shape index (κ2) is 7.39. The summed E-state index contributed by atoms with van der Waals surface area (Å²) in [7, 11) is -3.10. The van der Waals surface area contributed by atoms with Gasteiger partial charge in [0, 0.05) is 18.1 Å². The van der Waals surface area contributed by atoms with Crippen LogP contribution in [0.3, 0.4) is 0 Å². The molecule has 3 rings (SSSR count). The van der Waals surface area contributed by atoms with E-state index in [0.717, 1.165) is 11.3 Å². The van der Waals surface area contributed by atoms with Crippen LogP contribution < -0.4 is 5.32 Å². The van der Waals surface area contributed by atoms with Crippen molar-refractivity contribution in [3.05, 3.63) is 83.9 Å². The van der Waals surface area contributed by atoms with Gasteiger partial charge < -0.3 is 5.32 Å². The summed E-state index contributed by atoms with van der Waals surface area (Å²) in [5.74, 6) is -0.338. The van der Waals surface area contributed by atoms with Crippen LogP contribution in [0.1, 0.15) is 21.7 Å². The number of nitrogens with one attached hydrogen (secondary N) is 1. The third-order valence-corrected chi connectivity index (χ3v) is 5.62. The van der Waals surface area contributed by atoms with Crippen molar-refractivity contribution in [3.63, 3.8) is 0 Å². The van der Waals surface area contributed by atoms with Crippen molar-refractivity contribution in [2.75, 3.05) is 5.32 Å². The number of amides is 1. The van der Waals surface area contributed by atoms with Gasteiger partial charge in [0.2, 0.25) is 5.23 Å². The highest BCUT2D eigenvalue weighted by molar-refractivity contribution is 7.98. The summed E-state index contributed by atoms with van der Waals surface area (Å²) in [5, 5.41) is 4.35. The van der Waals surface area contributed by atoms with Gasteiger partial charge >= 0.3 is 0 Å². The van der Waals surface area contributed by atoms with Crippen LogP contribution in [0.5, 0.6) is 0 Å². The Morgan fingerprint density at radius 1 is 1.15 bits per heavy atom. The van der Waals surface area contributed by atoms with Crippen LogP contribution in [0.4, 0.5) is 5.69 Å². The Morgan fingerprint density at radius 3 is 2.62 bits per heavy atom. The number of aryl methyl sites for hydroxylation is 1. The molecular weight excluding hydrogens is 350 g/mol. The summed E-state index contributed by atoms with van der Waals surface area (Å²) in [4.78, 5) is 27.8. The Hall–Kier alpha value is -3.15. The van der Waals surface area contributed by atoms with E-state index in [1.807, 2.05) is 18.2 Å². The first-order chi connectivity index (χ1) is 12.5. The molecule has 2 heterocycles. The predicted octanol–water partition coefficient (Wildman–Crippen LogP) is 2.76. The molecule has 1 aromatic carbocycles. The van der Waals surface area contributed by atoms with Gasteiger partial charge in [-0.3, -0.25) is 8.77 Å². The molecule has 6 nitrogen and oxygen atoms in total. The lowest BCUT2D eigenvalue weighted by atomic mass is 10.2. The Labute approximate surface area is 151 Å². The van der Waals surface area contributed by atoms with E-state index in [4.69, 9.17) is 0 Å². The van der Waals surface area contributed by atoms with Gasteiger partial charge in [0.05, 0.1) is 11.4 Å². The number of carbonyl (C=O) groups excluding carboxylic acids is 2. The highest BCUT2D eigenvalue weighted by Crippen LogP contribution is 2.15. The zero-order chi connectivity index (χ0) is 18.6. The minimum atomic E-state index is -3.10. The standard InChI is InChI=1S/C19H17N3O3S/c1-15-6-5-9-18(20-15)19(24)21-17-10-11-22(12-17)26(25,14-23)13-16-7-3-2-4-8-16/h2-12H,13H2,1H3,(H,21,24). The normalized spacial score (nSPS) is 12.8. The Morgan fingerprint density at radius 2 is 1.92 bits per heavy atom. The molecule has 0 aliphatic rings. The number of hydrogen-bond donors (Lipinski definition) is 1. The first-order valence-electron chi connectivity index (χ1n) is 7.88. The van der Waals surface area contributed by atoms with Crippen molar-refractivity contribution in [1.29, 1.82) is 0 Å². The fraction of sp³-hybridized carbons (Fsp3) is 0.105. The lowest BCUT2D eigenvalue weighted by molar-refractivity contribution is 0.102. The van der Waals surface area contributed by atoms with Crippen molar-refractivity contribution in [2.45, 2.75) is 12.7 Å². The largest absolute Gasteiger partial charge is 0.319 e. The fourth-order valence-electron chi connectivity index (χ4n) is 2.45. The summed E-state index contributed by atoms with van der Waals surface area (Å²) >= 11 is 0. The van der Waals surface area contributed by atoms with Gasteiger partial charge in [-0.15, -0.1) is 0 Å². The Kier molecular flexibility index (Phi) is 5.02. The lowest BCUT2D eigenvalue weighted by Gasteiger charge is -2.08. The van der Waals surface area contributed by atoms with Crippen molar-refractivity contribution in [1.82, 2.24) is 8.96 Å². The van der Waals surface area contributed by atoms with Gasteiger partial charge in [0.1, 0.15) is 15.4 Å². The van der Waals surface area contributed by atoms with Gasteiger partial charge in [-0.2, -0.15) is 0 Å². The number of hydrogen-bond acceptors (Lipinski definition) is 4. The van der Waals surface area contributed by atoms with Gasteiger partial charge in [-0.25, -0.2) is 14.0 Å². The zero-order valence-corrected chi connectivity index (χ0v) is 14.9. The Balaban J connectivity index is 1.81. The molecule has 26 heavy (non-hydrogen) atoms. The summed E-state index contributed by atoms with van der Waals surface area (Å²) in [5.41, 5.74) is 2.21. The molecule has 0 radical (unpaired) electrons. The van der Waals surface area contributed by atoms with Crippen LogP contribution >= 0.6 is 0 Å². The first-order valence-corrected chi connectivity index (χ1v) is 9.57. The molecule has 3 aromatic rings. The predicted molar refractivity (Wildman–Crippen MR) is 101 cm³/mol. The van der Waals surface area contributed by atoms with Gasteiger partial charge in [0.15, 0.2) is 0 Å². The smallest absolute Gasteiger partial charge is 0.274 e. The van der Waals surface area contributed by atoms with E-state index in [2.05, 4.69) is 10.3 Å². The molecule has 0 aliphatic heterocycles. The molecule has 1 unspecified atom stereocenters. The maximum absolute atomic E-state index is 13.0. The Bertz CT molecular complexity index is 1080. The minimum absolute atomic E-state index is 0.0405. The second-order valence-electron chi connectivity index (χ2n) is 5.73. The first kappa shape index (κ1) is 17.7. The number of pyridine rings is 1. The average molecular weight is 367 g/mol. The number of rotatable bonds is 5. The van der Waals surface area contributed by atoms with Crippen molar-refractivity contribution in [2.24, 2.45) is 0 Å². The van der Waals surface area contributed by atoms with Crippen LogP contribution in [-0.2, 0) is 20.3 Å². The number of benzene rings is 1. The summed E-state index contributed by atoms with van der Waals surface area (Å²) < 4.78 is 14.3. The minimum Gasteiger partial charge on any atom is -0.319 e. The SMILES string of the molecule is Cc1cccc(C(=O)Nc2ccn(S(=O)(=C=O)Cc3ccccc3)c2)n1. The summed E-state index contributed by atoms with van der Waals surface area (Å²) in [6.07, 6.45) is 2.96. The van der Waals surface area contributed by atoms with Crippen LogP contribution in [0.2, 0.25) is 0 Å². The number of carbonyl (C=O) groups is 1. The van der Waals surface area contributed by atoms with E-state index >= 15 is 0 Å². The van der Waals surface area contributed by atoms with Crippen LogP contribution in [0, 0.1) is 6.92 Å². The van der Waals surface area contributed by atoms with Crippen molar-refractivity contribution < 1.29 is 13.8 Å². The zero-order valence-electron chi connectivity index (χ0n) is 14.1. The molecule has 0 saturated heterocycles. The molecule has 7 heteroatoms. The van der Waals surface area contributed by atoms with Gasteiger partial charge in [0.25, 0.3) is 5.91 Å². The van der Waals surface area contributed by atoms with Crippen LogP contribution in [-0.4, -0.2) is 24.3 Å². The van der Waals surface area contributed by atoms with Crippen molar-refractivity contribution in [3.8, 4) is 0 Å². The molecule has 1 amide bonds. The van der Waals surface area contributed by atoms with E-state index in [0.29, 0.717) is 5.69 Å². The molecule has 132 valence electrons. The van der Waals surface area contributed by atoms with E-state index in [-0.39, 0.29) is 17.4 Å². The number of nitrogens with zero attached hydrogens (tertiary/aromatic N) is 2. The van der Waals surface area contributed by atoms with Gasteiger partial charge in [-0.05, 0) is 30.7 Å². The summed E-state index contributed by atoms with van der Waals surface area (Å²) in [6, 6.07) is 15.8. The topological polar surface area (TPSA) is 81.1 Å². The third kappa shape index (κ3) is 3.91. The van der Waals surface area contributed by atoms with E-state index in [1.54, 1.807) is 48.6 Å². The second-order valence-corrected chi connectivity index (χ2v) is 7.89. The van der Waals surface area contributed by atoms with E-state index in [9.17, 15) is 13.8 Å². The lowest BCUT2D eigenvalue weighted by Crippen LogP contribution is -2.15. The number of aromatic nitrogens is 2. The molecule has 0 spiro atoms. The van der Waals surface area contributed by atoms with Gasteiger partial charge in [-0.1, -0.05) is 36.4 Å². The monoisotopic (exact) mass is 367 g/mol. The summed E-state index contributed by atoms with van der Waals surface area (Å²) in [6.45, 7) is 1.80. The van der Waals surface area contributed by atoms with Crippen LogP contribution in [0.15, 0.2) is 67.0 Å². The molecule has 0 saturated carbocycles. The molecule has 0 fully saturated rings. The highest BCUT2D eigenvalue weighted by Gasteiger charge is 2.14. The molecule has 2 aromatic heterocycles.